The summed E-state index contributed by atoms with van der Waals surface area (Å²) in [5.74, 6) is 0.981. The first-order valence-electron chi connectivity index (χ1n) is 6.54. The highest BCUT2D eigenvalue weighted by Gasteiger charge is 2.20. The molecule has 1 N–H and O–H groups in total. The van der Waals surface area contributed by atoms with Crippen molar-refractivity contribution in [3.8, 4) is 5.75 Å². The van der Waals surface area contributed by atoms with Crippen LogP contribution in [0.15, 0.2) is 34.8 Å². The number of fused-ring (bicyclic) bond motifs is 1. The molecule has 4 heteroatoms. The normalized spacial score (nSPS) is 17.7. The maximum Gasteiger partial charge on any atom is 0.124 e. The second kappa shape index (κ2) is 7.08. The average Bonchev–Trinajstić information content (AvgIpc) is 2.38. The lowest BCUT2D eigenvalue weighted by atomic mass is 10.0. The second-order valence-electron chi connectivity index (χ2n) is 4.84. The van der Waals surface area contributed by atoms with Crippen LogP contribution in [0.25, 0.3) is 0 Å². The van der Waals surface area contributed by atoms with E-state index < -0.39 is 0 Å². The molecule has 0 fully saturated rings. The van der Waals surface area contributed by atoms with Crippen molar-refractivity contribution in [3.05, 3.63) is 40.4 Å². The highest BCUT2D eigenvalue weighted by molar-refractivity contribution is 9.10. The van der Waals surface area contributed by atoms with Gasteiger partial charge < -0.3 is 14.8 Å². The summed E-state index contributed by atoms with van der Waals surface area (Å²) in [6.07, 6.45) is 0.990. The molecule has 104 valence electrons. The van der Waals surface area contributed by atoms with E-state index in [0.717, 1.165) is 35.4 Å². The zero-order chi connectivity index (χ0) is 13.7. The van der Waals surface area contributed by atoms with Crippen molar-refractivity contribution in [2.24, 2.45) is 0 Å². The van der Waals surface area contributed by atoms with Gasteiger partial charge >= 0.3 is 0 Å². The number of hydrogen-bond donors (Lipinski definition) is 1. The summed E-state index contributed by atoms with van der Waals surface area (Å²) in [5.41, 5.74) is 2.28. The van der Waals surface area contributed by atoms with Gasteiger partial charge in [0.05, 0.1) is 19.8 Å². The molecule has 1 atom stereocenters. The Morgan fingerprint density at radius 2 is 2.42 bits per heavy atom. The molecule has 1 unspecified atom stereocenters. The van der Waals surface area contributed by atoms with Crippen LogP contribution in [0.5, 0.6) is 5.75 Å². The molecule has 0 saturated carbocycles. The van der Waals surface area contributed by atoms with E-state index in [9.17, 15) is 0 Å². The highest BCUT2D eigenvalue weighted by atomic mass is 79.9. The topological polar surface area (TPSA) is 30.5 Å². The monoisotopic (exact) mass is 325 g/mol. The number of halogens is 1. The minimum Gasteiger partial charge on any atom is -0.493 e. The fourth-order valence-electron chi connectivity index (χ4n) is 2.13. The molecule has 1 heterocycles. The van der Waals surface area contributed by atoms with E-state index >= 15 is 0 Å². The number of hydrogen-bond acceptors (Lipinski definition) is 3. The van der Waals surface area contributed by atoms with Gasteiger partial charge in [0.15, 0.2) is 0 Å². The van der Waals surface area contributed by atoms with Gasteiger partial charge in [-0.2, -0.15) is 0 Å². The zero-order valence-electron chi connectivity index (χ0n) is 11.2. The Labute approximate surface area is 123 Å². The molecule has 1 aromatic carbocycles. The Kier molecular flexibility index (Phi) is 5.43. The van der Waals surface area contributed by atoms with Crippen LogP contribution >= 0.6 is 15.9 Å². The minimum absolute atomic E-state index is 0.342. The molecule has 19 heavy (non-hydrogen) atoms. The van der Waals surface area contributed by atoms with E-state index in [0.29, 0.717) is 19.3 Å². The van der Waals surface area contributed by atoms with Crippen LogP contribution in [0, 0.1) is 0 Å². The lowest BCUT2D eigenvalue weighted by Crippen LogP contribution is -2.29. The number of rotatable bonds is 6. The molecule has 2 rings (SSSR count). The smallest absolute Gasteiger partial charge is 0.124 e. The third-order valence-corrected chi connectivity index (χ3v) is 3.49. The van der Waals surface area contributed by atoms with Gasteiger partial charge in [0.25, 0.3) is 0 Å². The van der Waals surface area contributed by atoms with Crippen LogP contribution in [0.4, 0.5) is 0 Å². The van der Waals surface area contributed by atoms with Crippen LogP contribution < -0.4 is 10.1 Å². The summed E-state index contributed by atoms with van der Waals surface area (Å²) >= 11 is 3.51. The van der Waals surface area contributed by atoms with Gasteiger partial charge in [0, 0.05) is 29.0 Å². The maximum atomic E-state index is 5.66. The van der Waals surface area contributed by atoms with Crippen molar-refractivity contribution in [2.75, 3.05) is 26.4 Å². The third kappa shape index (κ3) is 4.34. The molecule has 1 aliphatic rings. The Hall–Kier alpha value is -0.840. The van der Waals surface area contributed by atoms with Gasteiger partial charge in [0.1, 0.15) is 5.75 Å². The van der Waals surface area contributed by atoms with Crippen LogP contribution in [0.1, 0.15) is 24.9 Å². The second-order valence-corrected chi connectivity index (χ2v) is 5.75. The summed E-state index contributed by atoms with van der Waals surface area (Å²) in [6, 6.07) is 6.50. The predicted octanol–water partition coefficient (Wildman–Crippen LogP) is 3.46. The van der Waals surface area contributed by atoms with Gasteiger partial charge in [0.2, 0.25) is 0 Å². The van der Waals surface area contributed by atoms with Crippen LogP contribution in [-0.4, -0.2) is 26.4 Å². The standard InChI is InChI=1S/C15H20BrNO2/c1-11(2)10-18-8-6-17-14-5-7-19-15-4-3-12(16)9-13(14)15/h3-4,9,14,17H,1,5-8,10H2,2H3. The quantitative estimate of drug-likeness (QED) is 0.641. The first-order valence-corrected chi connectivity index (χ1v) is 7.34. The Balaban J connectivity index is 1.85. The average molecular weight is 326 g/mol. The van der Waals surface area contributed by atoms with Gasteiger partial charge in [-0.3, -0.25) is 0 Å². The number of benzene rings is 1. The van der Waals surface area contributed by atoms with Crippen molar-refractivity contribution >= 4 is 15.9 Å². The third-order valence-electron chi connectivity index (χ3n) is 3.00. The molecule has 3 nitrogen and oxygen atoms in total. The molecule has 1 aromatic rings. The molecule has 0 amide bonds. The van der Waals surface area contributed by atoms with Crippen molar-refractivity contribution in [1.29, 1.82) is 0 Å². The molecular weight excluding hydrogens is 306 g/mol. The van der Waals surface area contributed by atoms with E-state index in [1.165, 1.54) is 5.56 Å². The molecule has 0 spiro atoms. The van der Waals surface area contributed by atoms with Gasteiger partial charge in [-0.15, -0.1) is 0 Å². The molecule has 0 aromatic heterocycles. The molecule has 0 radical (unpaired) electrons. The predicted molar refractivity (Wildman–Crippen MR) is 80.6 cm³/mol. The Morgan fingerprint density at radius 3 is 3.21 bits per heavy atom. The summed E-state index contributed by atoms with van der Waals surface area (Å²) in [5, 5.41) is 3.52. The fourth-order valence-corrected chi connectivity index (χ4v) is 2.51. The van der Waals surface area contributed by atoms with E-state index in [1.807, 2.05) is 19.1 Å². The van der Waals surface area contributed by atoms with Crippen molar-refractivity contribution in [2.45, 2.75) is 19.4 Å². The molecule has 0 saturated heterocycles. The molecule has 0 aliphatic carbocycles. The van der Waals surface area contributed by atoms with Crippen LogP contribution in [-0.2, 0) is 4.74 Å². The molecule has 0 bridgehead atoms. The van der Waals surface area contributed by atoms with E-state index in [2.05, 4.69) is 33.9 Å². The van der Waals surface area contributed by atoms with Gasteiger partial charge in [-0.1, -0.05) is 28.1 Å². The Bertz CT molecular complexity index is 448. The van der Waals surface area contributed by atoms with Crippen molar-refractivity contribution in [1.82, 2.24) is 5.32 Å². The largest absolute Gasteiger partial charge is 0.493 e. The minimum atomic E-state index is 0.342. The summed E-state index contributed by atoms with van der Waals surface area (Å²) in [4.78, 5) is 0. The summed E-state index contributed by atoms with van der Waals surface area (Å²) < 4.78 is 12.2. The van der Waals surface area contributed by atoms with Crippen molar-refractivity contribution < 1.29 is 9.47 Å². The lowest BCUT2D eigenvalue weighted by Gasteiger charge is -2.27. The summed E-state index contributed by atoms with van der Waals surface area (Å²) in [6.45, 7) is 8.73. The van der Waals surface area contributed by atoms with Crippen LogP contribution in [0.3, 0.4) is 0 Å². The zero-order valence-corrected chi connectivity index (χ0v) is 12.8. The molecule has 1 aliphatic heterocycles. The van der Waals surface area contributed by atoms with E-state index in [4.69, 9.17) is 9.47 Å². The van der Waals surface area contributed by atoms with Crippen LogP contribution in [0.2, 0.25) is 0 Å². The Morgan fingerprint density at radius 1 is 1.58 bits per heavy atom. The molecular formula is C15H20BrNO2. The van der Waals surface area contributed by atoms with Crippen molar-refractivity contribution in [3.63, 3.8) is 0 Å². The lowest BCUT2D eigenvalue weighted by molar-refractivity contribution is 0.151. The fraction of sp³-hybridized carbons (Fsp3) is 0.467. The maximum absolute atomic E-state index is 5.66. The van der Waals surface area contributed by atoms with E-state index in [-0.39, 0.29) is 0 Å². The number of nitrogens with one attached hydrogen (secondary N) is 1. The highest BCUT2D eigenvalue weighted by Crippen LogP contribution is 2.33. The first kappa shape index (κ1) is 14.6. The van der Waals surface area contributed by atoms with E-state index in [1.54, 1.807) is 0 Å². The van der Waals surface area contributed by atoms with Gasteiger partial charge in [-0.25, -0.2) is 0 Å². The summed E-state index contributed by atoms with van der Waals surface area (Å²) in [7, 11) is 0. The SMILES string of the molecule is C=C(C)COCCNC1CCOc2ccc(Br)cc21. The first-order chi connectivity index (χ1) is 9.16. The number of ether oxygens (including phenoxy) is 2. The van der Waals surface area contributed by atoms with Gasteiger partial charge in [-0.05, 0) is 25.1 Å².